The summed E-state index contributed by atoms with van der Waals surface area (Å²) in [4.78, 5) is 11.3. The first-order valence-corrected chi connectivity index (χ1v) is 6.06. The molecule has 0 atom stereocenters. The Morgan fingerprint density at radius 1 is 1.18 bits per heavy atom. The molecule has 0 N–H and O–H groups in total. The highest BCUT2D eigenvalue weighted by molar-refractivity contribution is 5.96. The van der Waals surface area contributed by atoms with E-state index in [1.165, 1.54) is 0 Å². The molecule has 94 valence electrons. The molecule has 3 nitrogen and oxygen atoms in total. The second-order valence-electron chi connectivity index (χ2n) is 3.87. The number of hydrogen-bond donors (Lipinski definition) is 0. The van der Waals surface area contributed by atoms with Crippen LogP contribution in [0.3, 0.4) is 0 Å². The van der Waals surface area contributed by atoms with Gasteiger partial charge >= 0.3 is 0 Å². The molecule has 0 saturated carbocycles. The summed E-state index contributed by atoms with van der Waals surface area (Å²) in [5, 5.41) is 0. The maximum Gasteiger partial charge on any atom is 0.163 e. The molecule has 0 saturated heterocycles. The fourth-order valence-corrected chi connectivity index (χ4v) is 1.44. The SMILES string of the molecule is CCCCOCCOc1ccccc1C(C)=O. The van der Waals surface area contributed by atoms with Crippen LogP contribution in [0, 0.1) is 0 Å². The van der Waals surface area contributed by atoms with Crippen molar-refractivity contribution in [1.29, 1.82) is 0 Å². The summed E-state index contributed by atoms with van der Waals surface area (Å²) in [6.07, 6.45) is 2.21. The second kappa shape index (κ2) is 7.85. The van der Waals surface area contributed by atoms with Crippen LogP contribution in [0.1, 0.15) is 37.0 Å². The van der Waals surface area contributed by atoms with Gasteiger partial charge in [0, 0.05) is 6.61 Å². The molecule has 3 heteroatoms. The zero-order valence-electron chi connectivity index (χ0n) is 10.6. The molecule has 0 aliphatic carbocycles. The highest BCUT2D eigenvalue weighted by atomic mass is 16.5. The maximum absolute atomic E-state index is 11.3. The lowest BCUT2D eigenvalue weighted by molar-refractivity contribution is 0.0948. The Hall–Kier alpha value is -1.35. The lowest BCUT2D eigenvalue weighted by Crippen LogP contribution is -2.09. The molecule has 0 aromatic heterocycles. The molecule has 1 aromatic rings. The molecular weight excluding hydrogens is 216 g/mol. The minimum atomic E-state index is 0.0208. The Kier molecular flexibility index (Phi) is 6.33. The van der Waals surface area contributed by atoms with Crippen LogP contribution in [0.15, 0.2) is 24.3 Å². The largest absolute Gasteiger partial charge is 0.490 e. The molecule has 0 spiro atoms. The van der Waals surface area contributed by atoms with Crippen molar-refractivity contribution >= 4 is 5.78 Å². The van der Waals surface area contributed by atoms with E-state index in [0.29, 0.717) is 24.5 Å². The number of carbonyl (C=O) groups is 1. The fraction of sp³-hybridized carbons (Fsp3) is 0.500. The molecule has 0 fully saturated rings. The molecule has 0 heterocycles. The van der Waals surface area contributed by atoms with Gasteiger partial charge in [0.25, 0.3) is 0 Å². The summed E-state index contributed by atoms with van der Waals surface area (Å²) < 4.78 is 10.9. The van der Waals surface area contributed by atoms with Crippen molar-refractivity contribution in [1.82, 2.24) is 0 Å². The predicted octanol–water partition coefficient (Wildman–Crippen LogP) is 3.08. The zero-order valence-corrected chi connectivity index (χ0v) is 10.6. The molecule has 0 bridgehead atoms. The number of para-hydroxylation sites is 1. The van der Waals surface area contributed by atoms with E-state index in [4.69, 9.17) is 9.47 Å². The smallest absolute Gasteiger partial charge is 0.163 e. The van der Waals surface area contributed by atoms with E-state index in [1.54, 1.807) is 13.0 Å². The maximum atomic E-state index is 11.3. The minimum Gasteiger partial charge on any atom is -0.490 e. The summed E-state index contributed by atoms with van der Waals surface area (Å²) >= 11 is 0. The van der Waals surface area contributed by atoms with Crippen molar-refractivity contribution in [3.05, 3.63) is 29.8 Å². The lowest BCUT2D eigenvalue weighted by Gasteiger charge is -2.09. The number of carbonyl (C=O) groups excluding carboxylic acids is 1. The quantitative estimate of drug-likeness (QED) is 0.514. The monoisotopic (exact) mass is 236 g/mol. The van der Waals surface area contributed by atoms with Crippen LogP contribution in [-0.2, 0) is 4.74 Å². The molecule has 0 aliphatic rings. The average molecular weight is 236 g/mol. The minimum absolute atomic E-state index is 0.0208. The van der Waals surface area contributed by atoms with Crippen LogP contribution >= 0.6 is 0 Å². The van der Waals surface area contributed by atoms with E-state index in [9.17, 15) is 4.79 Å². The number of ether oxygens (including phenoxy) is 2. The summed E-state index contributed by atoms with van der Waals surface area (Å²) in [5.41, 5.74) is 0.626. The van der Waals surface area contributed by atoms with Gasteiger partial charge < -0.3 is 9.47 Å². The van der Waals surface area contributed by atoms with Gasteiger partial charge in [-0.3, -0.25) is 4.79 Å². The second-order valence-corrected chi connectivity index (χ2v) is 3.87. The molecule has 0 radical (unpaired) electrons. The van der Waals surface area contributed by atoms with Crippen LogP contribution < -0.4 is 4.74 Å². The van der Waals surface area contributed by atoms with E-state index in [-0.39, 0.29) is 5.78 Å². The van der Waals surface area contributed by atoms with Gasteiger partial charge in [0.1, 0.15) is 12.4 Å². The summed E-state index contributed by atoms with van der Waals surface area (Å²) in [6, 6.07) is 7.28. The van der Waals surface area contributed by atoms with E-state index >= 15 is 0 Å². The Bertz CT molecular complexity index is 347. The van der Waals surface area contributed by atoms with Crippen LogP contribution in [0.2, 0.25) is 0 Å². The third kappa shape index (κ3) is 5.00. The number of Topliss-reactive ketones (excluding diaryl/α,β-unsaturated/α-hetero) is 1. The standard InChI is InChI=1S/C14H20O3/c1-3-4-9-16-10-11-17-14-8-6-5-7-13(14)12(2)15/h5-8H,3-4,9-11H2,1-2H3. The topological polar surface area (TPSA) is 35.5 Å². The van der Waals surface area contributed by atoms with Gasteiger partial charge in [0.15, 0.2) is 5.78 Å². The first kappa shape index (κ1) is 13.7. The van der Waals surface area contributed by atoms with Crippen molar-refractivity contribution in [3.8, 4) is 5.75 Å². The Morgan fingerprint density at radius 2 is 1.94 bits per heavy atom. The van der Waals surface area contributed by atoms with Crippen LogP contribution in [0.4, 0.5) is 0 Å². The molecule has 0 amide bonds. The van der Waals surface area contributed by atoms with Crippen molar-refractivity contribution in [3.63, 3.8) is 0 Å². The Morgan fingerprint density at radius 3 is 2.65 bits per heavy atom. The molecule has 0 unspecified atom stereocenters. The first-order valence-electron chi connectivity index (χ1n) is 6.06. The Balaban J connectivity index is 2.34. The first-order chi connectivity index (χ1) is 8.25. The third-order valence-electron chi connectivity index (χ3n) is 2.39. The van der Waals surface area contributed by atoms with Gasteiger partial charge in [-0.1, -0.05) is 25.5 Å². The van der Waals surface area contributed by atoms with E-state index < -0.39 is 0 Å². The van der Waals surface area contributed by atoms with Crippen molar-refractivity contribution in [2.45, 2.75) is 26.7 Å². The van der Waals surface area contributed by atoms with Crippen LogP contribution in [-0.4, -0.2) is 25.6 Å². The average Bonchev–Trinajstić information content (AvgIpc) is 2.34. The van der Waals surface area contributed by atoms with Gasteiger partial charge in [0.2, 0.25) is 0 Å². The number of rotatable bonds is 8. The summed E-state index contributed by atoms with van der Waals surface area (Å²) in [6.45, 7) is 5.48. The van der Waals surface area contributed by atoms with Crippen molar-refractivity contribution in [2.75, 3.05) is 19.8 Å². The van der Waals surface area contributed by atoms with Gasteiger partial charge in [0.05, 0.1) is 12.2 Å². The molecule has 17 heavy (non-hydrogen) atoms. The van der Waals surface area contributed by atoms with Crippen LogP contribution in [0.25, 0.3) is 0 Å². The van der Waals surface area contributed by atoms with Crippen LogP contribution in [0.5, 0.6) is 5.75 Å². The van der Waals surface area contributed by atoms with Gasteiger partial charge in [-0.15, -0.1) is 0 Å². The lowest BCUT2D eigenvalue weighted by atomic mass is 10.1. The summed E-state index contributed by atoms with van der Waals surface area (Å²) in [7, 11) is 0. The fourth-order valence-electron chi connectivity index (χ4n) is 1.44. The van der Waals surface area contributed by atoms with E-state index in [0.717, 1.165) is 19.4 Å². The predicted molar refractivity (Wildman–Crippen MR) is 67.7 cm³/mol. The third-order valence-corrected chi connectivity index (χ3v) is 2.39. The number of ketones is 1. The molecule has 1 aromatic carbocycles. The van der Waals surface area contributed by atoms with E-state index in [1.807, 2.05) is 18.2 Å². The highest BCUT2D eigenvalue weighted by Crippen LogP contribution is 2.18. The van der Waals surface area contributed by atoms with Crippen molar-refractivity contribution in [2.24, 2.45) is 0 Å². The number of benzene rings is 1. The van der Waals surface area contributed by atoms with Gasteiger partial charge in [-0.2, -0.15) is 0 Å². The molecular formula is C14H20O3. The normalized spacial score (nSPS) is 10.2. The van der Waals surface area contributed by atoms with E-state index in [2.05, 4.69) is 6.92 Å². The number of unbranched alkanes of at least 4 members (excludes halogenated alkanes) is 1. The highest BCUT2D eigenvalue weighted by Gasteiger charge is 2.06. The zero-order chi connectivity index (χ0) is 12.5. The van der Waals surface area contributed by atoms with Gasteiger partial charge in [-0.25, -0.2) is 0 Å². The van der Waals surface area contributed by atoms with Gasteiger partial charge in [-0.05, 0) is 25.5 Å². The molecule has 1 rings (SSSR count). The molecule has 0 aliphatic heterocycles. The van der Waals surface area contributed by atoms with Crippen molar-refractivity contribution < 1.29 is 14.3 Å². The number of hydrogen-bond acceptors (Lipinski definition) is 3. The summed E-state index contributed by atoms with van der Waals surface area (Å²) in [5.74, 6) is 0.659. The Labute approximate surface area is 103 Å².